The van der Waals surface area contributed by atoms with Gasteiger partial charge in [0.2, 0.25) is 5.91 Å². The Morgan fingerprint density at radius 1 is 1.07 bits per heavy atom. The summed E-state index contributed by atoms with van der Waals surface area (Å²) in [6.07, 6.45) is 1.34. The quantitative estimate of drug-likeness (QED) is 0.364. The predicted molar refractivity (Wildman–Crippen MR) is 96.3 cm³/mol. The molecule has 0 radical (unpaired) electrons. The lowest BCUT2D eigenvalue weighted by Gasteiger charge is -2.28. The van der Waals surface area contributed by atoms with Gasteiger partial charge < -0.3 is 4.74 Å². The highest BCUT2D eigenvalue weighted by atomic mass is 19.2. The number of hydrogen-bond donors (Lipinski definition) is 1. The van der Waals surface area contributed by atoms with E-state index in [4.69, 9.17) is 5.84 Å². The second kappa shape index (κ2) is 10.0. The van der Waals surface area contributed by atoms with Gasteiger partial charge in [0.05, 0.1) is 19.4 Å². The summed E-state index contributed by atoms with van der Waals surface area (Å²) < 4.78 is 55.2. The Balaban J connectivity index is 0.000000212. The molecule has 1 unspecified atom stereocenters. The molecule has 0 aliphatic carbocycles. The van der Waals surface area contributed by atoms with Crippen LogP contribution in [0.4, 0.5) is 17.6 Å². The topological polar surface area (TPSA) is 72.6 Å². The second-order valence-corrected chi connectivity index (χ2v) is 6.40. The van der Waals surface area contributed by atoms with E-state index in [1.807, 2.05) is 0 Å². The van der Waals surface area contributed by atoms with Gasteiger partial charge in [-0.2, -0.15) is 0 Å². The van der Waals surface area contributed by atoms with Crippen molar-refractivity contribution in [3.63, 3.8) is 0 Å². The molecule has 1 aliphatic heterocycles. The van der Waals surface area contributed by atoms with Crippen molar-refractivity contribution in [2.75, 3.05) is 13.7 Å². The number of hydrogen-bond acceptors (Lipinski definition) is 4. The lowest BCUT2D eigenvalue weighted by Crippen LogP contribution is -2.44. The van der Waals surface area contributed by atoms with Crippen LogP contribution in [0.25, 0.3) is 0 Å². The van der Waals surface area contributed by atoms with Crippen LogP contribution in [0.2, 0.25) is 0 Å². The number of rotatable bonds is 3. The minimum Gasteiger partial charge on any atom is -0.469 e. The van der Waals surface area contributed by atoms with Crippen molar-refractivity contribution >= 4 is 11.9 Å². The predicted octanol–water partition coefficient (Wildman–Crippen LogP) is 3.22. The van der Waals surface area contributed by atoms with Gasteiger partial charge in [-0.1, -0.05) is 12.1 Å². The molecular weight excluding hydrogens is 392 g/mol. The number of carbonyl (C=O) groups is 2. The third-order valence-corrected chi connectivity index (χ3v) is 4.38. The molecule has 2 N–H and O–H groups in total. The fraction of sp³-hybridized carbons (Fsp3) is 0.300. The van der Waals surface area contributed by atoms with Crippen molar-refractivity contribution in [3.05, 3.63) is 70.8 Å². The van der Waals surface area contributed by atoms with E-state index >= 15 is 0 Å². The third-order valence-electron chi connectivity index (χ3n) is 4.38. The zero-order valence-corrected chi connectivity index (χ0v) is 15.6. The molecule has 5 nitrogen and oxygen atoms in total. The third kappa shape index (κ3) is 6.02. The molecule has 1 amide bonds. The first kappa shape index (κ1) is 22.4. The van der Waals surface area contributed by atoms with E-state index in [0.717, 1.165) is 35.7 Å². The number of nitrogens with two attached hydrogens (primary N) is 1. The van der Waals surface area contributed by atoms with Crippen molar-refractivity contribution < 1.29 is 31.9 Å². The molecule has 2 aromatic rings. The largest absolute Gasteiger partial charge is 0.469 e. The van der Waals surface area contributed by atoms with E-state index in [1.54, 1.807) is 0 Å². The normalized spacial score (nSPS) is 16.1. The first-order valence-electron chi connectivity index (χ1n) is 8.74. The fourth-order valence-electron chi connectivity index (χ4n) is 2.83. The average molecular weight is 412 g/mol. The van der Waals surface area contributed by atoms with E-state index < -0.39 is 35.2 Å². The van der Waals surface area contributed by atoms with E-state index in [9.17, 15) is 27.2 Å². The van der Waals surface area contributed by atoms with E-state index in [2.05, 4.69) is 4.74 Å². The summed E-state index contributed by atoms with van der Waals surface area (Å²) in [6, 6.07) is 6.83. The molecule has 1 heterocycles. The molecule has 3 rings (SSSR count). The Morgan fingerprint density at radius 2 is 1.69 bits per heavy atom. The molecule has 2 aromatic carbocycles. The number of esters is 1. The average Bonchev–Trinajstić information content (AvgIpc) is 2.69. The van der Waals surface area contributed by atoms with Crippen LogP contribution >= 0.6 is 0 Å². The van der Waals surface area contributed by atoms with Gasteiger partial charge in [0.15, 0.2) is 23.3 Å². The summed E-state index contributed by atoms with van der Waals surface area (Å²) in [5.41, 5.74) is 0.879. The zero-order chi connectivity index (χ0) is 21.6. The van der Waals surface area contributed by atoms with Gasteiger partial charge in [-0.15, -0.1) is 0 Å². The summed E-state index contributed by atoms with van der Waals surface area (Å²) >= 11 is 0. The maximum absolute atomic E-state index is 13.0. The molecule has 1 fully saturated rings. The van der Waals surface area contributed by atoms with Crippen LogP contribution in [0, 0.1) is 23.3 Å². The molecule has 0 bridgehead atoms. The number of methoxy groups -OCH3 is 1. The maximum atomic E-state index is 13.0. The maximum Gasteiger partial charge on any atom is 0.309 e. The molecule has 0 aromatic heterocycles. The summed E-state index contributed by atoms with van der Waals surface area (Å²) in [4.78, 5) is 22.4. The molecular formula is C20H20F4N2O3. The van der Waals surface area contributed by atoms with Crippen molar-refractivity contribution in [1.29, 1.82) is 0 Å². The second-order valence-electron chi connectivity index (χ2n) is 6.40. The van der Waals surface area contributed by atoms with Gasteiger partial charge in [0.1, 0.15) is 0 Å². The van der Waals surface area contributed by atoms with Gasteiger partial charge in [-0.05, 0) is 48.2 Å². The molecule has 0 saturated carbocycles. The number of halogens is 4. The molecule has 9 heteroatoms. The number of nitrogens with zero attached hydrogens (tertiary/aromatic N) is 1. The molecule has 1 atom stereocenters. The SMILES string of the molecule is COC(=O)Cc1ccc(F)c(F)c1.NN1CCCC(c2ccc(F)c(F)c2)C1=O. The lowest BCUT2D eigenvalue weighted by molar-refractivity contribution is -0.139. The fourth-order valence-corrected chi connectivity index (χ4v) is 2.83. The summed E-state index contributed by atoms with van der Waals surface area (Å²) in [6.45, 7) is 0.513. The van der Waals surface area contributed by atoms with Gasteiger partial charge in [-0.25, -0.2) is 23.4 Å². The first-order valence-corrected chi connectivity index (χ1v) is 8.74. The van der Waals surface area contributed by atoms with Crippen LogP contribution < -0.4 is 5.84 Å². The van der Waals surface area contributed by atoms with Crippen LogP contribution in [0.5, 0.6) is 0 Å². The number of piperidine rings is 1. The van der Waals surface area contributed by atoms with Gasteiger partial charge >= 0.3 is 5.97 Å². The van der Waals surface area contributed by atoms with E-state index in [1.165, 1.54) is 19.2 Å². The minimum absolute atomic E-state index is 0.0479. The number of hydrazine groups is 1. The minimum atomic E-state index is -0.957. The Morgan fingerprint density at radius 3 is 2.28 bits per heavy atom. The van der Waals surface area contributed by atoms with Gasteiger partial charge in [0.25, 0.3) is 0 Å². The van der Waals surface area contributed by atoms with Crippen LogP contribution in [0.15, 0.2) is 36.4 Å². The van der Waals surface area contributed by atoms with Crippen molar-refractivity contribution in [2.24, 2.45) is 5.84 Å². The highest BCUT2D eigenvalue weighted by Crippen LogP contribution is 2.27. The summed E-state index contributed by atoms with van der Waals surface area (Å²) in [5.74, 6) is 0.604. The highest BCUT2D eigenvalue weighted by molar-refractivity contribution is 5.83. The Labute approximate surface area is 165 Å². The summed E-state index contributed by atoms with van der Waals surface area (Å²) in [5, 5.41) is 1.13. The van der Waals surface area contributed by atoms with Crippen LogP contribution in [-0.2, 0) is 20.7 Å². The van der Waals surface area contributed by atoms with Crippen LogP contribution in [-0.4, -0.2) is 30.5 Å². The van der Waals surface area contributed by atoms with E-state index in [0.29, 0.717) is 24.1 Å². The molecule has 29 heavy (non-hydrogen) atoms. The molecule has 156 valence electrons. The number of amides is 1. The molecule has 1 aliphatic rings. The number of ether oxygens (including phenoxy) is 1. The monoisotopic (exact) mass is 412 g/mol. The zero-order valence-electron chi connectivity index (χ0n) is 15.6. The standard InChI is InChI=1S/C11H12F2N2O.C9H8F2O2/c12-9-4-3-7(6-10(9)13)8-2-1-5-15(14)11(8)16;1-13-9(12)5-6-2-3-7(10)8(11)4-6/h3-4,6,8H,1-2,5,14H2;2-4H,5H2,1H3. The highest BCUT2D eigenvalue weighted by Gasteiger charge is 2.28. The lowest BCUT2D eigenvalue weighted by atomic mass is 9.90. The number of carbonyl (C=O) groups excluding carboxylic acids is 2. The van der Waals surface area contributed by atoms with E-state index in [-0.39, 0.29) is 12.3 Å². The Bertz CT molecular complexity index is 892. The molecule has 1 saturated heterocycles. The molecule has 0 spiro atoms. The van der Waals surface area contributed by atoms with Crippen LogP contribution in [0.3, 0.4) is 0 Å². The summed E-state index contributed by atoms with van der Waals surface area (Å²) in [7, 11) is 1.24. The van der Waals surface area contributed by atoms with Gasteiger partial charge in [0, 0.05) is 6.54 Å². The van der Waals surface area contributed by atoms with Crippen molar-refractivity contribution in [1.82, 2.24) is 5.01 Å². The van der Waals surface area contributed by atoms with Crippen molar-refractivity contribution in [2.45, 2.75) is 25.2 Å². The Hall–Kier alpha value is -2.94. The smallest absolute Gasteiger partial charge is 0.309 e. The van der Waals surface area contributed by atoms with Crippen molar-refractivity contribution in [3.8, 4) is 0 Å². The number of benzene rings is 2. The Kier molecular flexibility index (Phi) is 7.72. The van der Waals surface area contributed by atoms with Crippen LogP contribution in [0.1, 0.15) is 29.9 Å². The first-order chi connectivity index (χ1) is 13.7. The van der Waals surface area contributed by atoms with Gasteiger partial charge in [-0.3, -0.25) is 14.6 Å².